The fourth-order valence-electron chi connectivity index (χ4n) is 1.41. The number of benzene rings is 1. The van der Waals surface area contributed by atoms with Crippen molar-refractivity contribution < 1.29 is 13.2 Å². The molecule has 1 atom stereocenters. The van der Waals surface area contributed by atoms with Crippen LogP contribution in [0, 0.1) is 13.8 Å². The van der Waals surface area contributed by atoms with Gasteiger partial charge in [0.15, 0.2) is 15.6 Å². The van der Waals surface area contributed by atoms with Gasteiger partial charge in [-0.05, 0) is 32.4 Å². The summed E-state index contributed by atoms with van der Waals surface area (Å²) in [6.07, 6.45) is 1.08. The van der Waals surface area contributed by atoms with Crippen LogP contribution in [0.25, 0.3) is 0 Å². The van der Waals surface area contributed by atoms with Crippen LogP contribution in [0.2, 0.25) is 0 Å². The molecule has 4 heteroatoms. The SMILES string of the molecule is Cc1ccc(C)c(C(=O)C(C)S(C)(=O)=O)c1. The predicted octanol–water partition coefficient (Wildman–Crippen LogP) is 1.92. The van der Waals surface area contributed by atoms with Gasteiger partial charge < -0.3 is 0 Å². The number of rotatable bonds is 3. The van der Waals surface area contributed by atoms with Gasteiger partial charge >= 0.3 is 0 Å². The molecule has 0 aromatic heterocycles. The fraction of sp³-hybridized carbons (Fsp3) is 0.417. The van der Waals surface area contributed by atoms with Crippen LogP contribution < -0.4 is 0 Å². The van der Waals surface area contributed by atoms with E-state index in [4.69, 9.17) is 0 Å². The third-order valence-corrected chi connectivity index (χ3v) is 4.17. The second-order valence-electron chi connectivity index (χ2n) is 4.15. The van der Waals surface area contributed by atoms with Gasteiger partial charge in [0.1, 0.15) is 5.25 Å². The zero-order valence-electron chi connectivity index (χ0n) is 9.94. The molecule has 16 heavy (non-hydrogen) atoms. The number of sulfone groups is 1. The predicted molar refractivity (Wildman–Crippen MR) is 64.6 cm³/mol. The molecule has 0 bridgehead atoms. The van der Waals surface area contributed by atoms with Crippen molar-refractivity contribution in [2.24, 2.45) is 0 Å². The van der Waals surface area contributed by atoms with Crippen LogP contribution in [0.4, 0.5) is 0 Å². The van der Waals surface area contributed by atoms with Crippen molar-refractivity contribution in [3.8, 4) is 0 Å². The van der Waals surface area contributed by atoms with Crippen molar-refractivity contribution in [3.05, 3.63) is 34.9 Å². The normalized spacial score (nSPS) is 13.5. The van der Waals surface area contributed by atoms with Crippen LogP contribution >= 0.6 is 0 Å². The zero-order valence-corrected chi connectivity index (χ0v) is 10.8. The van der Waals surface area contributed by atoms with E-state index in [0.717, 1.165) is 17.4 Å². The van der Waals surface area contributed by atoms with Crippen molar-refractivity contribution in [1.82, 2.24) is 0 Å². The molecule has 3 nitrogen and oxygen atoms in total. The van der Waals surface area contributed by atoms with E-state index in [1.165, 1.54) is 6.92 Å². The van der Waals surface area contributed by atoms with Crippen molar-refractivity contribution >= 4 is 15.6 Å². The lowest BCUT2D eigenvalue weighted by Crippen LogP contribution is -2.26. The standard InChI is InChI=1S/C12H16O3S/c1-8-5-6-9(2)11(7-8)12(13)10(3)16(4,14)15/h5-7,10H,1-4H3. The molecule has 0 aliphatic carbocycles. The average Bonchev–Trinajstić information content (AvgIpc) is 2.18. The van der Waals surface area contributed by atoms with Crippen LogP contribution in [-0.2, 0) is 9.84 Å². The molecule has 1 aromatic rings. The summed E-state index contributed by atoms with van der Waals surface area (Å²) >= 11 is 0. The molecule has 0 saturated heterocycles. The van der Waals surface area contributed by atoms with Gasteiger partial charge in [0.25, 0.3) is 0 Å². The summed E-state index contributed by atoms with van der Waals surface area (Å²) in [5.74, 6) is -0.330. The highest BCUT2D eigenvalue weighted by molar-refractivity contribution is 7.92. The van der Waals surface area contributed by atoms with Gasteiger partial charge in [-0.25, -0.2) is 8.42 Å². The van der Waals surface area contributed by atoms with E-state index in [0.29, 0.717) is 5.56 Å². The van der Waals surface area contributed by atoms with Gasteiger partial charge in [-0.3, -0.25) is 4.79 Å². The van der Waals surface area contributed by atoms with E-state index >= 15 is 0 Å². The summed E-state index contributed by atoms with van der Waals surface area (Å²) in [4.78, 5) is 12.0. The average molecular weight is 240 g/mol. The molecule has 1 rings (SSSR count). The molecule has 0 heterocycles. The summed E-state index contributed by atoms with van der Waals surface area (Å²) in [5.41, 5.74) is 2.26. The van der Waals surface area contributed by atoms with Crippen molar-refractivity contribution in [3.63, 3.8) is 0 Å². The van der Waals surface area contributed by atoms with Gasteiger partial charge in [-0.1, -0.05) is 17.7 Å². The molecule has 1 unspecified atom stereocenters. The van der Waals surface area contributed by atoms with Crippen LogP contribution in [0.3, 0.4) is 0 Å². The minimum atomic E-state index is -3.33. The maximum absolute atomic E-state index is 12.0. The first-order valence-electron chi connectivity index (χ1n) is 5.04. The monoisotopic (exact) mass is 240 g/mol. The molecule has 0 aliphatic rings. The first kappa shape index (κ1) is 12.9. The quantitative estimate of drug-likeness (QED) is 0.758. The number of Topliss-reactive ketones (excluding diaryl/α,β-unsaturated/α-hetero) is 1. The largest absolute Gasteiger partial charge is 0.293 e. The number of ketones is 1. The van der Waals surface area contributed by atoms with Gasteiger partial charge in [-0.15, -0.1) is 0 Å². The van der Waals surface area contributed by atoms with Crippen molar-refractivity contribution in [2.75, 3.05) is 6.26 Å². The highest BCUT2D eigenvalue weighted by atomic mass is 32.2. The Bertz CT molecular complexity index is 515. The Morgan fingerprint density at radius 3 is 2.31 bits per heavy atom. The van der Waals surface area contributed by atoms with E-state index in [-0.39, 0.29) is 5.78 Å². The zero-order chi connectivity index (χ0) is 12.5. The van der Waals surface area contributed by atoms with E-state index in [2.05, 4.69) is 0 Å². The van der Waals surface area contributed by atoms with Crippen LogP contribution in [0.1, 0.15) is 28.4 Å². The second-order valence-corrected chi connectivity index (χ2v) is 6.52. The van der Waals surface area contributed by atoms with E-state index < -0.39 is 15.1 Å². The minimum Gasteiger partial charge on any atom is -0.293 e. The first-order chi connectivity index (χ1) is 7.23. The lowest BCUT2D eigenvalue weighted by molar-refractivity contribution is 0.0991. The van der Waals surface area contributed by atoms with Crippen LogP contribution in [0.15, 0.2) is 18.2 Å². The van der Waals surface area contributed by atoms with E-state index in [9.17, 15) is 13.2 Å². The van der Waals surface area contributed by atoms with E-state index in [1.54, 1.807) is 6.07 Å². The number of carbonyl (C=O) groups excluding carboxylic acids is 1. The Balaban J connectivity index is 3.20. The maximum atomic E-state index is 12.0. The lowest BCUT2D eigenvalue weighted by atomic mass is 10.0. The summed E-state index contributed by atoms with van der Waals surface area (Å²) < 4.78 is 22.6. The van der Waals surface area contributed by atoms with Gasteiger partial charge in [0, 0.05) is 11.8 Å². The third-order valence-electron chi connectivity index (χ3n) is 2.67. The topological polar surface area (TPSA) is 51.2 Å². The first-order valence-corrected chi connectivity index (χ1v) is 6.99. The summed E-state index contributed by atoms with van der Waals surface area (Å²) in [6.45, 7) is 5.11. The van der Waals surface area contributed by atoms with Gasteiger partial charge in [0.2, 0.25) is 0 Å². The molecular formula is C12H16O3S. The fourth-order valence-corrected chi connectivity index (χ4v) is 1.93. The molecule has 1 aromatic carbocycles. The molecule has 0 amide bonds. The molecule has 0 aliphatic heterocycles. The Morgan fingerprint density at radius 2 is 1.81 bits per heavy atom. The summed E-state index contributed by atoms with van der Waals surface area (Å²) in [7, 11) is -3.33. The van der Waals surface area contributed by atoms with Crippen molar-refractivity contribution in [2.45, 2.75) is 26.0 Å². The second kappa shape index (κ2) is 4.37. The highest BCUT2D eigenvalue weighted by Crippen LogP contribution is 2.15. The Hall–Kier alpha value is -1.16. The van der Waals surface area contributed by atoms with Gasteiger partial charge in [0.05, 0.1) is 0 Å². The molecule has 0 fully saturated rings. The Labute approximate surface area is 96.4 Å². The van der Waals surface area contributed by atoms with Crippen LogP contribution in [0.5, 0.6) is 0 Å². The maximum Gasteiger partial charge on any atom is 0.180 e. The molecular weight excluding hydrogens is 224 g/mol. The Morgan fingerprint density at radius 1 is 1.25 bits per heavy atom. The minimum absolute atomic E-state index is 0.330. The summed E-state index contributed by atoms with van der Waals surface area (Å²) in [6, 6.07) is 5.47. The van der Waals surface area contributed by atoms with Gasteiger partial charge in [-0.2, -0.15) is 0 Å². The van der Waals surface area contributed by atoms with Crippen molar-refractivity contribution in [1.29, 1.82) is 0 Å². The Kier molecular flexibility index (Phi) is 3.53. The number of carbonyl (C=O) groups is 1. The molecule has 0 spiro atoms. The molecule has 88 valence electrons. The molecule has 0 N–H and O–H groups in total. The van der Waals surface area contributed by atoms with Crippen LogP contribution in [-0.4, -0.2) is 25.7 Å². The van der Waals surface area contributed by atoms with E-state index in [1.807, 2.05) is 26.0 Å². The number of aryl methyl sites for hydroxylation is 2. The molecule has 0 saturated carbocycles. The highest BCUT2D eigenvalue weighted by Gasteiger charge is 2.25. The summed E-state index contributed by atoms with van der Waals surface area (Å²) in [5, 5.41) is -0.979. The third kappa shape index (κ3) is 2.70. The smallest absolute Gasteiger partial charge is 0.180 e. The number of hydrogen-bond acceptors (Lipinski definition) is 3. The molecule has 0 radical (unpaired) electrons. The lowest BCUT2D eigenvalue weighted by Gasteiger charge is -2.11. The number of hydrogen-bond donors (Lipinski definition) is 0.